The van der Waals surface area contributed by atoms with Gasteiger partial charge in [-0.2, -0.15) is 0 Å². The van der Waals surface area contributed by atoms with Crippen LogP contribution in [-0.4, -0.2) is 17.4 Å². The summed E-state index contributed by atoms with van der Waals surface area (Å²) in [6, 6.07) is 0. The van der Waals surface area contributed by atoms with Crippen molar-refractivity contribution in [3.05, 3.63) is 50.7 Å². The van der Waals surface area contributed by atoms with E-state index in [1.807, 2.05) is 0 Å². The summed E-state index contributed by atoms with van der Waals surface area (Å²) in [5, 5.41) is 0. The lowest BCUT2D eigenvalue weighted by atomic mass is 9.78. The number of carbonyl (C=O) groups excluding carboxylic acids is 1. The number of rotatable bonds is 4. The van der Waals surface area contributed by atoms with Crippen LogP contribution in [0, 0.1) is 11.3 Å². The summed E-state index contributed by atoms with van der Waals surface area (Å²) in [7, 11) is 0. The molecule has 1 aliphatic heterocycles. The van der Waals surface area contributed by atoms with Crippen LogP contribution in [0.25, 0.3) is 0 Å². The van der Waals surface area contributed by atoms with E-state index >= 15 is 0 Å². The smallest absolute Gasteiger partial charge is 0.241 e. The number of hydrogen-bond acceptors (Lipinski definition) is 1. The molecule has 1 aliphatic rings. The zero-order chi connectivity index (χ0) is 10.8. The molecule has 0 N–H and O–H groups in total. The molecule has 1 atom stereocenters. The van der Waals surface area contributed by atoms with Gasteiger partial charge in [-0.15, -0.1) is 19.7 Å². The largest absolute Gasteiger partial charge is 0.318 e. The van der Waals surface area contributed by atoms with Crippen LogP contribution in [0.4, 0.5) is 0 Å². The lowest BCUT2D eigenvalue weighted by Gasteiger charge is -2.22. The third-order valence-electron chi connectivity index (χ3n) is 2.82. The van der Waals surface area contributed by atoms with Crippen molar-refractivity contribution < 1.29 is 4.79 Å². The Morgan fingerprint density at radius 1 is 1.29 bits per heavy atom. The Labute approximate surface area is 84.9 Å². The summed E-state index contributed by atoms with van der Waals surface area (Å²) >= 11 is 0. The molecule has 1 saturated heterocycles. The average Bonchev–Trinajstić information content (AvgIpc) is 2.51. The van der Waals surface area contributed by atoms with Gasteiger partial charge < -0.3 is 4.90 Å². The van der Waals surface area contributed by atoms with Crippen LogP contribution in [-0.2, 0) is 4.79 Å². The zero-order valence-electron chi connectivity index (χ0n) is 8.28. The van der Waals surface area contributed by atoms with E-state index in [0.717, 1.165) is 0 Å². The van der Waals surface area contributed by atoms with Crippen molar-refractivity contribution >= 4 is 5.91 Å². The second kappa shape index (κ2) is 3.66. The first-order valence-corrected chi connectivity index (χ1v) is 4.49. The number of hydrogen-bond donors (Lipinski definition) is 0. The van der Waals surface area contributed by atoms with Crippen molar-refractivity contribution in [3.63, 3.8) is 0 Å². The van der Waals surface area contributed by atoms with Crippen molar-refractivity contribution in [2.24, 2.45) is 11.3 Å². The molecule has 1 amide bonds. The standard InChI is InChI=1S/C12H15NO/c1-5-10-9-13(8-4)11(14)12(10,6-2)7-3/h5-8,10H,1-4,9H2. The van der Waals surface area contributed by atoms with Crippen LogP contribution in [0.3, 0.4) is 0 Å². The Balaban J connectivity index is 3.19. The van der Waals surface area contributed by atoms with Crippen LogP contribution in [0.5, 0.6) is 0 Å². The highest BCUT2D eigenvalue weighted by Gasteiger charge is 2.47. The topological polar surface area (TPSA) is 20.3 Å². The van der Waals surface area contributed by atoms with Gasteiger partial charge in [-0.05, 0) is 6.20 Å². The van der Waals surface area contributed by atoms with Crippen LogP contribution < -0.4 is 0 Å². The van der Waals surface area contributed by atoms with E-state index in [9.17, 15) is 4.79 Å². The van der Waals surface area contributed by atoms with Gasteiger partial charge in [-0.1, -0.05) is 24.8 Å². The van der Waals surface area contributed by atoms with Gasteiger partial charge in [0.05, 0.1) is 5.41 Å². The predicted octanol–water partition coefficient (Wildman–Crippen LogP) is 2.13. The highest BCUT2D eigenvalue weighted by atomic mass is 16.2. The minimum atomic E-state index is -0.698. The van der Waals surface area contributed by atoms with Crippen LogP contribution in [0.15, 0.2) is 50.7 Å². The van der Waals surface area contributed by atoms with Crippen LogP contribution in [0.1, 0.15) is 0 Å². The second-order valence-corrected chi connectivity index (χ2v) is 3.32. The van der Waals surface area contributed by atoms with Crippen LogP contribution in [0.2, 0.25) is 0 Å². The predicted molar refractivity (Wildman–Crippen MR) is 58.4 cm³/mol. The summed E-state index contributed by atoms with van der Waals surface area (Å²) < 4.78 is 0. The molecule has 2 heteroatoms. The molecule has 0 aromatic carbocycles. The summed E-state index contributed by atoms with van der Waals surface area (Å²) in [5.41, 5.74) is -0.698. The second-order valence-electron chi connectivity index (χ2n) is 3.32. The molecule has 0 aromatic rings. The lowest BCUT2D eigenvalue weighted by molar-refractivity contribution is -0.130. The first kappa shape index (κ1) is 10.5. The third-order valence-corrected chi connectivity index (χ3v) is 2.82. The molecule has 0 aliphatic carbocycles. The molecular weight excluding hydrogens is 174 g/mol. The molecule has 14 heavy (non-hydrogen) atoms. The van der Waals surface area contributed by atoms with Crippen molar-refractivity contribution in [2.75, 3.05) is 6.54 Å². The fourth-order valence-electron chi connectivity index (χ4n) is 1.84. The van der Waals surface area contributed by atoms with Crippen molar-refractivity contribution in [1.29, 1.82) is 0 Å². The van der Waals surface area contributed by atoms with Gasteiger partial charge in [0, 0.05) is 12.5 Å². The highest BCUT2D eigenvalue weighted by molar-refractivity contribution is 5.90. The number of amides is 1. The number of carbonyl (C=O) groups is 1. The minimum absolute atomic E-state index is 0.0256. The Morgan fingerprint density at radius 2 is 1.86 bits per heavy atom. The van der Waals surface area contributed by atoms with E-state index in [4.69, 9.17) is 0 Å². The molecule has 0 aromatic heterocycles. The summed E-state index contributed by atoms with van der Waals surface area (Å²) in [6.07, 6.45) is 6.58. The average molecular weight is 189 g/mol. The Hall–Kier alpha value is -1.57. The number of nitrogens with zero attached hydrogens (tertiary/aromatic N) is 1. The van der Waals surface area contributed by atoms with Gasteiger partial charge in [-0.25, -0.2) is 0 Å². The highest BCUT2D eigenvalue weighted by Crippen LogP contribution is 2.40. The van der Waals surface area contributed by atoms with E-state index in [1.165, 1.54) is 6.20 Å². The van der Waals surface area contributed by atoms with Gasteiger partial charge in [0.2, 0.25) is 5.91 Å². The Morgan fingerprint density at radius 3 is 2.14 bits per heavy atom. The maximum atomic E-state index is 12.0. The normalized spacial score (nSPS) is 24.4. The van der Waals surface area contributed by atoms with Gasteiger partial charge in [-0.3, -0.25) is 4.79 Å². The molecule has 1 fully saturated rings. The van der Waals surface area contributed by atoms with Crippen LogP contribution >= 0.6 is 0 Å². The van der Waals surface area contributed by atoms with E-state index in [1.54, 1.807) is 23.1 Å². The molecule has 0 saturated carbocycles. The molecule has 1 heterocycles. The van der Waals surface area contributed by atoms with E-state index < -0.39 is 5.41 Å². The molecule has 74 valence electrons. The van der Waals surface area contributed by atoms with Crippen molar-refractivity contribution in [3.8, 4) is 0 Å². The quantitative estimate of drug-likeness (QED) is 0.620. The van der Waals surface area contributed by atoms with Gasteiger partial charge in [0.25, 0.3) is 0 Å². The Kier molecular flexibility index (Phi) is 2.75. The molecule has 1 rings (SSSR count). The minimum Gasteiger partial charge on any atom is -0.318 e. The SMILES string of the molecule is C=CC1CN(C=C)C(=O)C1(C=C)C=C. The maximum absolute atomic E-state index is 12.0. The zero-order valence-corrected chi connectivity index (χ0v) is 8.28. The van der Waals surface area contributed by atoms with Crippen molar-refractivity contribution in [2.45, 2.75) is 0 Å². The summed E-state index contributed by atoms with van der Waals surface area (Å²) in [5.74, 6) is 0.00500. The molecule has 1 unspecified atom stereocenters. The lowest BCUT2D eigenvalue weighted by Crippen LogP contribution is -2.30. The first-order valence-electron chi connectivity index (χ1n) is 4.49. The summed E-state index contributed by atoms with van der Waals surface area (Å²) in [4.78, 5) is 13.5. The molecular formula is C12H15NO. The molecule has 0 spiro atoms. The molecule has 0 bridgehead atoms. The monoisotopic (exact) mass is 189 g/mol. The fraction of sp³-hybridized carbons (Fsp3) is 0.250. The Bertz CT molecular complexity index is 295. The molecule has 0 radical (unpaired) electrons. The third kappa shape index (κ3) is 1.15. The maximum Gasteiger partial charge on any atom is 0.241 e. The van der Waals surface area contributed by atoms with Gasteiger partial charge >= 0.3 is 0 Å². The van der Waals surface area contributed by atoms with Crippen molar-refractivity contribution in [1.82, 2.24) is 4.90 Å². The first-order chi connectivity index (χ1) is 6.66. The molecule has 2 nitrogen and oxygen atoms in total. The summed E-state index contributed by atoms with van der Waals surface area (Å²) in [6.45, 7) is 15.3. The van der Waals surface area contributed by atoms with E-state index in [2.05, 4.69) is 26.3 Å². The number of likely N-dealkylation sites (tertiary alicyclic amines) is 1. The van der Waals surface area contributed by atoms with E-state index in [-0.39, 0.29) is 11.8 Å². The van der Waals surface area contributed by atoms with Gasteiger partial charge in [0.1, 0.15) is 0 Å². The van der Waals surface area contributed by atoms with E-state index in [0.29, 0.717) is 6.54 Å². The van der Waals surface area contributed by atoms with Gasteiger partial charge in [0.15, 0.2) is 0 Å². The fourth-order valence-corrected chi connectivity index (χ4v) is 1.84.